The van der Waals surface area contributed by atoms with Crippen molar-refractivity contribution in [1.29, 1.82) is 0 Å². The van der Waals surface area contributed by atoms with E-state index in [-0.39, 0.29) is 0 Å². The third-order valence-electron chi connectivity index (χ3n) is 3.26. The minimum Gasteiger partial charge on any atom is -0.370 e. The van der Waals surface area contributed by atoms with Crippen molar-refractivity contribution in [1.82, 2.24) is 9.97 Å². The number of aromatic nitrogens is 2. The zero-order valence-electron chi connectivity index (χ0n) is 13.0. The third kappa shape index (κ3) is 5.05. The molecule has 0 aliphatic heterocycles. The normalized spacial score (nSPS) is 12.3. The van der Waals surface area contributed by atoms with Crippen LogP contribution in [-0.4, -0.2) is 30.1 Å². The van der Waals surface area contributed by atoms with Crippen molar-refractivity contribution in [3.63, 3.8) is 0 Å². The molecule has 0 saturated carbocycles. The summed E-state index contributed by atoms with van der Waals surface area (Å²) in [6.07, 6.45) is 3.20. The Labute approximate surface area is 117 Å². The lowest BCUT2D eigenvalue weighted by atomic mass is 10.1. The highest BCUT2D eigenvalue weighted by Crippen LogP contribution is 2.17. The van der Waals surface area contributed by atoms with Crippen molar-refractivity contribution in [3.05, 3.63) is 11.9 Å². The first-order chi connectivity index (χ1) is 9.10. The summed E-state index contributed by atoms with van der Waals surface area (Å²) in [6, 6.07) is 2.05. The molecule has 1 rings (SSSR count). The largest absolute Gasteiger partial charge is 0.370 e. The molecule has 0 saturated heterocycles. The quantitative estimate of drug-likeness (QED) is 0.782. The van der Waals surface area contributed by atoms with Crippen LogP contribution in [0.3, 0.4) is 0 Å². The van der Waals surface area contributed by atoms with Gasteiger partial charge < -0.3 is 10.2 Å². The molecule has 1 atom stereocenters. The Bertz CT molecular complexity index is 354. The summed E-state index contributed by atoms with van der Waals surface area (Å²) >= 11 is 0. The van der Waals surface area contributed by atoms with E-state index in [0.717, 1.165) is 43.4 Å². The molecule has 4 heteroatoms. The van der Waals surface area contributed by atoms with Crippen LogP contribution >= 0.6 is 0 Å². The second kappa shape index (κ2) is 7.97. The van der Waals surface area contributed by atoms with Gasteiger partial charge >= 0.3 is 0 Å². The van der Waals surface area contributed by atoms with Crippen LogP contribution < -0.4 is 10.2 Å². The van der Waals surface area contributed by atoms with E-state index in [1.165, 1.54) is 6.42 Å². The standard InChI is InChI=1S/C15H28N4/c1-6-9-13-17-14(16-8-3)10-15(18-13)19(5)11-12(4)7-2/h10,12H,6-9,11H2,1-5H3,(H,16,17,18). The lowest BCUT2D eigenvalue weighted by Gasteiger charge is -2.22. The Morgan fingerprint density at radius 3 is 2.58 bits per heavy atom. The predicted octanol–water partition coefficient (Wildman–Crippen LogP) is 3.34. The second-order valence-corrected chi connectivity index (χ2v) is 5.20. The first kappa shape index (κ1) is 15.7. The first-order valence-corrected chi connectivity index (χ1v) is 7.43. The van der Waals surface area contributed by atoms with Gasteiger partial charge in [0.25, 0.3) is 0 Å². The third-order valence-corrected chi connectivity index (χ3v) is 3.26. The molecule has 0 spiro atoms. The van der Waals surface area contributed by atoms with Crippen molar-refractivity contribution in [2.45, 2.75) is 47.0 Å². The number of aryl methyl sites for hydroxylation is 1. The summed E-state index contributed by atoms with van der Waals surface area (Å²) in [5, 5.41) is 3.29. The Kier molecular flexibility index (Phi) is 6.60. The summed E-state index contributed by atoms with van der Waals surface area (Å²) in [5.74, 6) is 3.57. The SMILES string of the molecule is CCCc1nc(NCC)cc(N(C)CC(C)CC)n1. The number of nitrogens with one attached hydrogen (secondary N) is 1. The molecular formula is C15H28N4. The molecule has 1 N–H and O–H groups in total. The van der Waals surface area contributed by atoms with Crippen molar-refractivity contribution >= 4 is 11.6 Å². The van der Waals surface area contributed by atoms with E-state index < -0.39 is 0 Å². The average molecular weight is 264 g/mol. The molecular weight excluding hydrogens is 236 g/mol. The van der Waals surface area contributed by atoms with Gasteiger partial charge in [-0.1, -0.05) is 27.2 Å². The van der Waals surface area contributed by atoms with E-state index in [1.807, 2.05) is 6.07 Å². The number of hydrogen-bond acceptors (Lipinski definition) is 4. The van der Waals surface area contributed by atoms with E-state index in [1.54, 1.807) is 0 Å². The number of rotatable bonds is 8. The van der Waals surface area contributed by atoms with E-state index in [4.69, 9.17) is 0 Å². The molecule has 108 valence electrons. The van der Waals surface area contributed by atoms with Crippen molar-refractivity contribution in [3.8, 4) is 0 Å². The molecule has 0 amide bonds. The van der Waals surface area contributed by atoms with E-state index in [2.05, 4.69) is 54.9 Å². The average Bonchev–Trinajstić information content (AvgIpc) is 2.39. The van der Waals surface area contributed by atoms with E-state index in [9.17, 15) is 0 Å². The first-order valence-electron chi connectivity index (χ1n) is 7.43. The van der Waals surface area contributed by atoms with Gasteiger partial charge in [-0.15, -0.1) is 0 Å². The predicted molar refractivity (Wildman–Crippen MR) is 82.9 cm³/mol. The van der Waals surface area contributed by atoms with Crippen molar-refractivity contribution in [2.24, 2.45) is 5.92 Å². The Morgan fingerprint density at radius 2 is 2.00 bits per heavy atom. The van der Waals surface area contributed by atoms with Gasteiger partial charge in [0.2, 0.25) is 0 Å². The number of anilines is 2. The zero-order valence-corrected chi connectivity index (χ0v) is 13.0. The van der Waals surface area contributed by atoms with Gasteiger partial charge in [-0.25, -0.2) is 9.97 Å². The molecule has 0 bridgehead atoms. The Balaban J connectivity index is 2.90. The number of hydrogen-bond donors (Lipinski definition) is 1. The monoisotopic (exact) mass is 264 g/mol. The molecule has 1 heterocycles. The van der Waals surface area contributed by atoms with Gasteiger partial charge in [0.15, 0.2) is 0 Å². The Morgan fingerprint density at radius 1 is 1.26 bits per heavy atom. The molecule has 1 aromatic heterocycles. The van der Waals surface area contributed by atoms with Gasteiger partial charge in [0, 0.05) is 32.6 Å². The maximum absolute atomic E-state index is 4.67. The molecule has 1 aromatic rings. The van der Waals surface area contributed by atoms with Crippen molar-refractivity contribution in [2.75, 3.05) is 30.4 Å². The van der Waals surface area contributed by atoms with E-state index >= 15 is 0 Å². The fourth-order valence-corrected chi connectivity index (χ4v) is 1.98. The molecule has 0 aliphatic carbocycles. The number of nitrogens with zero attached hydrogens (tertiary/aromatic N) is 3. The van der Waals surface area contributed by atoms with Gasteiger partial charge in [-0.2, -0.15) is 0 Å². The molecule has 0 aliphatic rings. The summed E-state index contributed by atoms with van der Waals surface area (Å²) in [5.41, 5.74) is 0. The van der Waals surface area contributed by atoms with Crippen LogP contribution in [0.1, 0.15) is 46.4 Å². The highest BCUT2D eigenvalue weighted by Gasteiger charge is 2.10. The summed E-state index contributed by atoms with van der Waals surface area (Å²) < 4.78 is 0. The zero-order chi connectivity index (χ0) is 14.3. The highest BCUT2D eigenvalue weighted by atomic mass is 15.2. The molecule has 0 fully saturated rings. The molecule has 19 heavy (non-hydrogen) atoms. The molecule has 0 aromatic carbocycles. The summed E-state index contributed by atoms with van der Waals surface area (Å²) in [4.78, 5) is 11.4. The van der Waals surface area contributed by atoms with E-state index in [0.29, 0.717) is 5.92 Å². The van der Waals surface area contributed by atoms with Crippen LogP contribution in [0.2, 0.25) is 0 Å². The maximum Gasteiger partial charge on any atom is 0.134 e. The van der Waals surface area contributed by atoms with Crippen LogP contribution in [-0.2, 0) is 6.42 Å². The van der Waals surface area contributed by atoms with Gasteiger partial charge in [0.1, 0.15) is 17.5 Å². The Hall–Kier alpha value is -1.32. The summed E-state index contributed by atoms with van der Waals surface area (Å²) in [7, 11) is 2.11. The smallest absolute Gasteiger partial charge is 0.134 e. The van der Waals surface area contributed by atoms with Gasteiger partial charge in [-0.3, -0.25) is 0 Å². The molecule has 0 radical (unpaired) electrons. The fraction of sp³-hybridized carbons (Fsp3) is 0.733. The van der Waals surface area contributed by atoms with Crippen LogP contribution in [0.25, 0.3) is 0 Å². The lowest BCUT2D eigenvalue weighted by molar-refractivity contribution is 0.557. The maximum atomic E-state index is 4.67. The minimum absolute atomic E-state index is 0.678. The van der Waals surface area contributed by atoms with Gasteiger partial charge in [0.05, 0.1) is 0 Å². The van der Waals surface area contributed by atoms with Crippen LogP contribution in [0.5, 0.6) is 0 Å². The van der Waals surface area contributed by atoms with Crippen LogP contribution in [0.4, 0.5) is 11.6 Å². The van der Waals surface area contributed by atoms with Crippen molar-refractivity contribution < 1.29 is 0 Å². The lowest BCUT2D eigenvalue weighted by Crippen LogP contribution is -2.25. The van der Waals surface area contributed by atoms with Crippen LogP contribution in [0.15, 0.2) is 6.07 Å². The van der Waals surface area contributed by atoms with Crippen LogP contribution in [0, 0.1) is 5.92 Å². The minimum atomic E-state index is 0.678. The second-order valence-electron chi connectivity index (χ2n) is 5.20. The fourth-order valence-electron chi connectivity index (χ4n) is 1.98. The molecule has 4 nitrogen and oxygen atoms in total. The molecule has 1 unspecified atom stereocenters. The van der Waals surface area contributed by atoms with Gasteiger partial charge in [-0.05, 0) is 19.3 Å². The summed E-state index contributed by atoms with van der Waals surface area (Å²) in [6.45, 7) is 10.7. The topological polar surface area (TPSA) is 41.1 Å². The highest BCUT2D eigenvalue weighted by molar-refractivity contribution is 5.49.